The third kappa shape index (κ3) is 8.33. The zero-order chi connectivity index (χ0) is 38.1. The number of benzene rings is 1. The van der Waals surface area contributed by atoms with Crippen molar-refractivity contribution < 1.29 is 13.6 Å². The number of hydrogen-bond donors (Lipinski definition) is 3. The van der Waals surface area contributed by atoms with Gasteiger partial charge in [-0.25, -0.2) is 18.3 Å². The molecule has 3 atom stereocenters. The highest BCUT2D eigenvalue weighted by Gasteiger charge is 2.38. The lowest BCUT2D eigenvalue weighted by Crippen LogP contribution is -2.50. The second kappa shape index (κ2) is 16.2. The predicted octanol–water partition coefficient (Wildman–Crippen LogP) is 3.47. The summed E-state index contributed by atoms with van der Waals surface area (Å²) in [6, 6.07) is 10.1. The lowest BCUT2D eigenvalue weighted by Gasteiger charge is -2.39. The van der Waals surface area contributed by atoms with Gasteiger partial charge in [-0.05, 0) is 62.3 Å². The van der Waals surface area contributed by atoms with Gasteiger partial charge in [-0.3, -0.25) is 14.7 Å². The number of fused-ring (bicyclic) bond motifs is 1. The predicted molar refractivity (Wildman–Crippen MR) is 212 cm³/mol. The third-order valence-electron chi connectivity index (χ3n) is 12.1. The van der Waals surface area contributed by atoms with Crippen LogP contribution in [0.1, 0.15) is 60.4 Å². The first kappa shape index (κ1) is 37.3. The number of nitrogens with zero attached hydrogens (tertiary/aromatic N) is 9. The Morgan fingerprint density at radius 2 is 1.67 bits per heavy atom. The van der Waals surface area contributed by atoms with Crippen LogP contribution >= 0.6 is 0 Å². The van der Waals surface area contributed by atoms with Gasteiger partial charge in [-0.1, -0.05) is 25.3 Å². The minimum Gasteiger partial charge on any atom is -0.369 e. The van der Waals surface area contributed by atoms with Crippen molar-refractivity contribution in [2.24, 2.45) is 10.8 Å². The van der Waals surface area contributed by atoms with Gasteiger partial charge in [-0.15, -0.1) is 0 Å². The van der Waals surface area contributed by atoms with Crippen LogP contribution in [0.4, 0.5) is 20.3 Å². The number of allylic oxidation sites excluding steroid dienone is 2. The number of nitrogens with one attached hydrogen (secondary N) is 2. The Kier molecular flexibility index (Phi) is 11.0. The van der Waals surface area contributed by atoms with E-state index in [0.29, 0.717) is 18.1 Å². The van der Waals surface area contributed by atoms with Crippen molar-refractivity contribution in [3.63, 3.8) is 0 Å². The molecule has 4 fully saturated rings. The molecule has 7 heterocycles. The second-order valence-corrected chi connectivity index (χ2v) is 15.8. The highest BCUT2D eigenvalue weighted by Crippen LogP contribution is 2.33. The first-order chi connectivity index (χ1) is 26.7. The topological polar surface area (TPSA) is 126 Å². The number of aromatic nitrogens is 3. The molecule has 15 heteroatoms. The summed E-state index contributed by atoms with van der Waals surface area (Å²) < 4.78 is 30.1. The van der Waals surface area contributed by atoms with Crippen LogP contribution in [0.15, 0.2) is 72.4 Å². The average Bonchev–Trinajstić information content (AvgIpc) is 3.82. The number of hydrogen-bond acceptors (Lipinski definition) is 11. The van der Waals surface area contributed by atoms with Crippen LogP contribution in [0, 0.1) is 0 Å². The van der Waals surface area contributed by atoms with Crippen molar-refractivity contribution in [1.29, 1.82) is 0 Å². The lowest BCUT2D eigenvalue weighted by atomic mass is 9.88. The van der Waals surface area contributed by atoms with Crippen LogP contribution < -0.4 is 26.2 Å². The number of anilines is 2. The van der Waals surface area contributed by atoms with Crippen LogP contribution in [-0.2, 0) is 0 Å². The van der Waals surface area contributed by atoms with Crippen molar-refractivity contribution in [3.05, 3.63) is 78.4 Å². The molecular formula is C40H54F2N12O. The van der Waals surface area contributed by atoms with E-state index in [1.165, 1.54) is 22.0 Å². The Morgan fingerprint density at radius 3 is 2.38 bits per heavy atom. The van der Waals surface area contributed by atoms with Crippen LogP contribution in [0.5, 0.6) is 0 Å². The Hall–Kier alpha value is -4.60. The summed E-state index contributed by atoms with van der Waals surface area (Å²) in [5, 5.41) is 16.6. The molecule has 294 valence electrons. The van der Waals surface area contributed by atoms with Crippen LogP contribution in [0.2, 0.25) is 0 Å². The van der Waals surface area contributed by atoms with Gasteiger partial charge in [-0.2, -0.15) is 10.2 Å². The molecule has 8 rings (SSSR count). The molecule has 3 aromatic rings. The fourth-order valence-corrected chi connectivity index (χ4v) is 8.84. The van der Waals surface area contributed by atoms with Gasteiger partial charge in [0.25, 0.3) is 12.3 Å². The Balaban J connectivity index is 0.789. The van der Waals surface area contributed by atoms with Crippen molar-refractivity contribution in [3.8, 4) is 0 Å². The fourth-order valence-electron chi connectivity index (χ4n) is 8.84. The van der Waals surface area contributed by atoms with Gasteiger partial charge in [0.2, 0.25) is 0 Å². The molecule has 0 spiro atoms. The Morgan fingerprint density at radius 1 is 0.927 bits per heavy atom. The van der Waals surface area contributed by atoms with E-state index in [2.05, 4.69) is 77.9 Å². The van der Waals surface area contributed by atoms with Crippen LogP contribution in [0.25, 0.3) is 5.65 Å². The lowest BCUT2D eigenvalue weighted by molar-refractivity contribution is 0.0914. The number of nitrogens with two attached hydrogens (primary N) is 1. The molecule has 0 radical (unpaired) electrons. The number of halogens is 2. The summed E-state index contributed by atoms with van der Waals surface area (Å²) in [5.74, 6) is 0.560. The SMILES string of the molecule is C=C1CCC(c2ccc(N3CCN(CCN4CCC(N5CC(NC(=O)c6cnn7ccc(N8CCCC(N)C8)nc67)C(C(F)F)=N5)CC4)CC3)cc2)C(=C)N1. The Bertz CT molecular complexity index is 1880. The summed E-state index contributed by atoms with van der Waals surface area (Å²) in [5.41, 5.74) is 11.2. The molecular weight excluding hydrogens is 703 g/mol. The Labute approximate surface area is 321 Å². The van der Waals surface area contributed by atoms with Crippen molar-refractivity contribution in [2.45, 2.75) is 69.0 Å². The first-order valence-corrected chi connectivity index (χ1v) is 19.9. The van der Waals surface area contributed by atoms with Gasteiger partial charge in [0.15, 0.2) is 5.65 Å². The number of piperazine rings is 1. The summed E-state index contributed by atoms with van der Waals surface area (Å²) in [6.07, 6.45) is 6.07. The fraction of sp³-hybridized carbons (Fsp3) is 0.550. The first-order valence-electron chi connectivity index (χ1n) is 19.9. The summed E-state index contributed by atoms with van der Waals surface area (Å²) in [7, 11) is 0. The highest BCUT2D eigenvalue weighted by atomic mass is 19.3. The molecule has 4 saturated heterocycles. The molecule has 3 unspecified atom stereocenters. The van der Waals surface area contributed by atoms with Crippen molar-refractivity contribution >= 4 is 28.8 Å². The third-order valence-corrected chi connectivity index (χ3v) is 12.1. The van der Waals surface area contributed by atoms with Crippen LogP contribution in [-0.4, -0.2) is 138 Å². The molecule has 5 aliphatic rings. The van der Waals surface area contributed by atoms with E-state index in [1.807, 2.05) is 6.07 Å². The maximum absolute atomic E-state index is 14.3. The van der Waals surface area contributed by atoms with E-state index < -0.39 is 18.4 Å². The molecule has 4 N–H and O–H groups in total. The van der Waals surface area contributed by atoms with Gasteiger partial charge in [0.1, 0.15) is 17.1 Å². The van der Waals surface area contributed by atoms with E-state index in [1.54, 1.807) is 11.2 Å². The van der Waals surface area contributed by atoms with E-state index in [0.717, 1.165) is 115 Å². The number of amides is 1. The number of hydrazone groups is 1. The maximum Gasteiger partial charge on any atom is 0.280 e. The molecule has 55 heavy (non-hydrogen) atoms. The largest absolute Gasteiger partial charge is 0.369 e. The van der Waals surface area contributed by atoms with Crippen molar-refractivity contribution in [2.75, 3.05) is 81.8 Å². The molecule has 13 nitrogen and oxygen atoms in total. The molecule has 5 aliphatic heterocycles. The average molecular weight is 757 g/mol. The van der Waals surface area contributed by atoms with E-state index in [9.17, 15) is 13.6 Å². The number of alkyl halides is 2. The van der Waals surface area contributed by atoms with Gasteiger partial charge in [0, 0.05) is 107 Å². The monoisotopic (exact) mass is 756 g/mol. The summed E-state index contributed by atoms with van der Waals surface area (Å²) >= 11 is 0. The minimum atomic E-state index is -2.77. The molecule has 0 saturated carbocycles. The number of carbonyl (C=O) groups is 1. The van der Waals surface area contributed by atoms with Gasteiger partial charge >= 0.3 is 0 Å². The van der Waals surface area contributed by atoms with Gasteiger partial charge < -0.3 is 31.1 Å². The van der Waals surface area contributed by atoms with Gasteiger partial charge in [0.05, 0.1) is 18.8 Å². The summed E-state index contributed by atoms with van der Waals surface area (Å²) in [4.78, 5) is 27.8. The normalized spacial score (nSPS) is 24.8. The maximum atomic E-state index is 14.3. The zero-order valence-electron chi connectivity index (χ0n) is 31.6. The molecule has 1 amide bonds. The number of likely N-dealkylation sites (tertiary alicyclic amines) is 1. The molecule has 0 bridgehead atoms. The quantitative estimate of drug-likeness (QED) is 0.284. The highest BCUT2D eigenvalue weighted by molar-refractivity contribution is 6.04. The van der Waals surface area contributed by atoms with E-state index >= 15 is 0 Å². The standard InChI is InChI=1S/C40H54F2N12O/c1-27-5-10-33(28(2)45-27)29-6-8-31(9-7-29)51-22-20-50(21-23-51)19-18-49-15-11-32(12-16-49)54-26-35(37(48-54)38(41)42)46-40(55)34-24-44-53-17-13-36(47-39(34)53)52-14-3-4-30(43)25-52/h6-9,13,17,24,30,32-33,35,38,45H,1-5,10-12,14-16,18-23,25-26,43H2,(H,46,55). The molecule has 1 aromatic carbocycles. The smallest absolute Gasteiger partial charge is 0.280 e. The van der Waals surface area contributed by atoms with E-state index in [4.69, 9.17) is 10.7 Å². The zero-order valence-corrected chi connectivity index (χ0v) is 31.6. The molecule has 2 aromatic heterocycles. The van der Waals surface area contributed by atoms with E-state index in [-0.39, 0.29) is 29.9 Å². The molecule has 0 aliphatic carbocycles. The number of piperidine rings is 3. The summed E-state index contributed by atoms with van der Waals surface area (Å²) in [6.45, 7) is 17.8. The number of rotatable bonds is 10. The van der Waals surface area contributed by atoms with Crippen molar-refractivity contribution in [1.82, 2.24) is 40.0 Å². The van der Waals surface area contributed by atoms with Crippen LogP contribution in [0.3, 0.4) is 0 Å². The minimum absolute atomic E-state index is 0.0471. The second-order valence-electron chi connectivity index (χ2n) is 15.8. The number of carbonyl (C=O) groups excluding carboxylic acids is 1.